The van der Waals surface area contributed by atoms with E-state index < -0.39 is 0 Å². The Labute approximate surface area is 49.9 Å². The normalized spacial score (nSPS) is 6.00. The van der Waals surface area contributed by atoms with E-state index in [-0.39, 0.29) is 18.9 Å². The van der Waals surface area contributed by atoms with Crippen LogP contribution in [0, 0.1) is 6.26 Å². The molecule has 0 spiro atoms. The summed E-state index contributed by atoms with van der Waals surface area (Å²) >= 11 is 1.61. The van der Waals surface area contributed by atoms with E-state index in [1.54, 1.807) is 11.8 Å². The van der Waals surface area contributed by atoms with Gasteiger partial charge >= 0.3 is 18.9 Å². The van der Waals surface area contributed by atoms with Crippen LogP contribution in [0.5, 0.6) is 0 Å². The van der Waals surface area contributed by atoms with Gasteiger partial charge in [-0.05, 0) is 5.75 Å². The third-order valence-corrected chi connectivity index (χ3v) is 0.612. The number of rotatable bonds is 1. The van der Waals surface area contributed by atoms with Gasteiger partial charge in [-0.2, -0.15) is 0 Å². The molecule has 0 aliphatic carbocycles. The molecule has 0 aromatic heterocycles. The molecule has 0 radical (unpaired) electrons. The molecule has 0 aliphatic heterocycles. The van der Waals surface area contributed by atoms with Crippen LogP contribution in [0.3, 0.4) is 0 Å². The Bertz CT molecular complexity index is 8.85. The summed E-state index contributed by atoms with van der Waals surface area (Å²) in [6.07, 6.45) is 3.52. The summed E-state index contributed by atoms with van der Waals surface area (Å²) in [6.45, 7) is 2.08. The molecule has 0 amide bonds. The van der Waals surface area contributed by atoms with Gasteiger partial charge in [-0.1, -0.05) is 6.92 Å². The van der Waals surface area contributed by atoms with Gasteiger partial charge in [-0.3, -0.25) is 6.26 Å². The van der Waals surface area contributed by atoms with Gasteiger partial charge in [-0.25, -0.2) is 0 Å². The summed E-state index contributed by atoms with van der Waals surface area (Å²) < 4.78 is 0. The van der Waals surface area contributed by atoms with E-state index in [0.29, 0.717) is 0 Å². The monoisotopic (exact) mass is 82.0 g/mol. The largest absolute Gasteiger partial charge is 1.00 e. The fraction of sp³-hybridized carbons (Fsp3) is 0.667. The molecule has 5 heavy (non-hydrogen) atoms. The van der Waals surface area contributed by atoms with E-state index in [0.717, 1.165) is 5.75 Å². The van der Waals surface area contributed by atoms with Crippen molar-refractivity contribution in [3.63, 3.8) is 0 Å². The van der Waals surface area contributed by atoms with Crippen molar-refractivity contribution in [3.8, 4) is 0 Å². The van der Waals surface area contributed by atoms with Crippen LogP contribution >= 0.6 is 11.8 Å². The van der Waals surface area contributed by atoms with Gasteiger partial charge in [0.05, 0.1) is 0 Å². The summed E-state index contributed by atoms with van der Waals surface area (Å²) in [5.74, 6) is 1.12. The number of hydrogen-bond donors (Lipinski definition) is 0. The molecular weight excluding hydrogens is 75.0 g/mol. The van der Waals surface area contributed by atoms with E-state index in [1.165, 1.54) is 0 Å². The van der Waals surface area contributed by atoms with Crippen LogP contribution in [0.25, 0.3) is 0 Å². The molecular formula is C3H7LiS. The van der Waals surface area contributed by atoms with Crippen molar-refractivity contribution < 1.29 is 18.9 Å². The van der Waals surface area contributed by atoms with Crippen molar-refractivity contribution in [3.05, 3.63) is 6.26 Å². The van der Waals surface area contributed by atoms with Crippen molar-refractivity contribution in [1.82, 2.24) is 0 Å². The first kappa shape index (κ1) is 9.34. The molecule has 0 saturated heterocycles. The second-order valence-corrected chi connectivity index (χ2v) is 1.48. The predicted molar refractivity (Wildman–Crippen MR) is 23.5 cm³/mol. The van der Waals surface area contributed by atoms with Crippen molar-refractivity contribution in [2.45, 2.75) is 6.92 Å². The molecule has 0 rings (SSSR count). The van der Waals surface area contributed by atoms with Crippen molar-refractivity contribution in [2.75, 3.05) is 5.75 Å². The summed E-state index contributed by atoms with van der Waals surface area (Å²) in [5.41, 5.74) is 0. The molecule has 0 fully saturated rings. The summed E-state index contributed by atoms with van der Waals surface area (Å²) in [5, 5.41) is 0. The van der Waals surface area contributed by atoms with Crippen LogP contribution < -0.4 is 18.9 Å². The Morgan fingerprint density at radius 1 is 1.80 bits per heavy atom. The van der Waals surface area contributed by atoms with Gasteiger partial charge in [0.1, 0.15) is 0 Å². The predicted octanol–water partition coefficient (Wildman–Crippen LogP) is -1.46. The van der Waals surface area contributed by atoms with Crippen LogP contribution in [-0.4, -0.2) is 5.75 Å². The molecule has 0 aromatic rings. The van der Waals surface area contributed by atoms with Crippen molar-refractivity contribution in [1.29, 1.82) is 0 Å². The third-order valence-electron chi connectivity index (χ3n) is 0.204. The first-order valence-corrected chi connectivity index (χ1v) is 2.44. The molecule has 2 heteroatoms. The first-order chi connectivity index (χ1) is 1.91. The molecule has 0 saturated carbocycles. The topological polar surface area (TPSA) is 0 Å². The van der Waals surface area contributed by atoms with E-state index in [1.807, 2.05) is 0 Å². The maximum absolute atomic E-state index is 3.52. The van der Waals surface area contributed by atoms with Gasteiger partial charge in [0.2, 0.25) is 0 Å². The van der Waals surface area contributed by atoms with E-state index in [2.05, 4.69) is 13.2 Å². The number of thioether (sulfide) groups is 1. The average Bonchev–Trinajstić information content (AvgIpc) is 1.37. The number of hydrogen-bond acceptors (Lipinski definition) is 1. The summed E-state index contributed by atoms with van der Waals surface area (Å²) in [4.78, 5) is 0. The van der Waals surface area contributed by atoms with Crippen LogP contribution in [0.2, 0.25) is 0 Å². The standard InChI is InChI=1S/C3H7S.Li/c1-3-4-2;/h2-3H2,1H3;/q-1;+1. The van der Waals surface area contributed by atoms with Gasteiger partial charge in [0, 0.05) is 0 Å². The average molecular weight is 82.1 g/mol. The molecule has 0 atom stereocenters. The molecule has 0 nitrogen and oxygen atoms in total. The first-order valence-electron chi connectivity index (χ1n) is 1.28. The molecule has 0 bridgehead atoms. The van der Waals surface area contributed by atoms with E-state index in [9.17, 15) is 0 Å². The Hall–Kier alpha value is 0.947. The minimum absolute atomic E-state index is 0. The fourth-order valence-electron chi connectivity index (χ4n) is 0. The van der Waals surface area contributed by atoms with Gasteiger partial charge < -0.3 is 11.8 Å². The maximum atomic E-state index is 3.52. The Morgan fingerprint density at radius 2 is 2.00 bits per heavy atom. The minimum Gasteiger partial charge on any atom is -0.354 e. The van der Waals surface area contributed by atoms with E-state index in [4.69, 9.17) is 0 Å². The van der Waals surface area contributed by atoms with E-state index >= 15 is 0 Å². The molecule has 0 N–H and O–H groups in total. The van der Waals surface area contributed by atoms with Crippen LogP contribution in [-0.2, 0) is 0 Å². The van der Waals surface area contributed by atoms with Crippen molar-refractivity contribution in [2.24, 2.45) is 0 Å². The van der Waals surface area contributed by atoms with Gasteiger partial charge in [0.25, 0.3) is 0 Å². The molecule has 0 heterocycles. The SMILES string of the molecule is [CH2-]SCC.[Li+]. The Balaban J connectivity index is 0. The Morgan fingerprint density at radius 3 is 2.00 bits per heavy atom. The molecule has 0 aromatic carbocycles. The minimum atomic E-state index is 0. The van der Waals surface area contributed by atoms with Crippen LogP contribution in [0.4, 0.5) is 0 Å². The van der Waals surface area contributed by atoms with Crippen LogP contribution in [0.1, 0.15) is 6.92 Å². The zero-order valence-corrected chi connectivity index (χ0v) is 4.64. The molecule has 26 valence electrons. The van der Waals surface area contributed by atoms with Crippen molar-refractivity contribution >= 4 is 11.8 Å². The second kappa shape index (κ2) is 8.87. The smallest absolute Gasteiger partial charge is 0.354 e. The molecule has 0 aliphatic rings. The van der Waals surface area contributed by atoms with Crippen LogP contribution in [0.15, 0.2) is 0 Å². The maximum Gasteiger partial charge on any atom is 1.00 e. The second-order valence-electron chi connectivity index (χ2n) is 0.493. The van der Waals surface area contributed by atoms with Gasteiger partial charge in [-0.15, -0.1) is 0 Å². The summed E-state index contributed by atoms with van der Waals surface area (Å²) in [7, 11) is 0. The zero-order valence-electron chi connectivity index (χ0n) is 3.82. The fourth-order valence-corrected chi connectivity index (χ4v) is 0. The third kappa shape index (κ3) is 11.3. The van der Waals surface area contributed by atoms with Gasteiger partial charge in [0.15, 0.2) is 0 Å². The molecule has 0 unspecified atom stereocenters. The quantitative estimate of drug-likeness (QED) is 0.275. The zero-order chi connectivity index (χ0) is 3.41. The summed E-state index contributed by atoms with van der Waals surface area (Å²) in [6, 6.07) is 0. The Kier molecular flexibility index (Phi) is 16.6.